The highest BCUT2D eigenvalue weighted by Crippen LogP contribution is 2.44. The number of amides is 1. The maximum absolute atomic E-state index is 13.8. The van der Waals surface area contributed by atoms with Crippen LogP contribution in [0, 0.1) is 11.8 Å². The summed E-state index contributed by atoms with van der Waals surface area (Å²) in [5, 5.41) is 6.21. The van der Waals surface area contributed by atoms with Gasteiger partial charge in [-0.1, -0.05) is 11.6 Å². The zero-order chi connectivity index (χ0) is 14.6. The fraction of sp³-hybridized carbons (Fsp3) is 0.533. The van der Waals surface area contributed by atoms with Gasteiger partial charge in [-0.15, -0.1) is 0 Å². The lowest BCUT2D eigenvalue weighted by Crippen LogP contribution is -2.52. The molecule has 1 atom stereocenters. The van der Waals surface area contributed by atoms with Crippen molar-refractivity contribution in [2.75, 3.05) is 0 Å². The van der Waals surface area contributed by atoms with E-state index in [0.717, 1.165) is 0 Å². The summed E-state index contributed by atoms with van der Waals surface area (Å²) in [7, 11) is 0. The molecule has 1 amide bonds. The Morgan fingerprint density at radius 2 is 2.05 bits per heavy atom. The molecular weight excluding hydrogens is 293 g/mol. The van der Waals surface area contributed by atoms with Crippen LogP contribution >= 0.6 is 11.6 Å². The van der Waals surface area contributed by atoms with Crippen molar-refractivity contribution in [1.82, 2.24) is 15.5 Å². The Labute approximate surface area is 127 Å². The summed E-state index contributed by atoms with van der Waals surface area (Å²) in [6, 6.07) is 0.274. The second kappa shape index (κ2) is 4.77. The quantitative estimate of drug-likeness (QED) is 0.783. The summed E-state index contributed by atoms with van der Waals surface area (Å²) >= 11 is 6.04. The van der Waals surface area contributed by atoms with Gasteiger partial charge in [-0.3, -0.25) is 4.79 Å². The van der Waals surface area contributed by atoms with Crippen molar-refractivity contribution in [1.29, 1.82) is 0 Å². The van der Waals surface area contributed by atoms with Crippen LogP contribution in [0.15, 0.2) is 35.0 Å². The van der Waals surface area contributed by atoms with Gasteiger partial charge >= 0.3 is 0 Å². The molecular formula is C15H17ClFN3O. The van der Waals surface area contributed by atoms with E-state index in [1.807, 2.05) is 0 Å². The molecule has 2 heterocycles. The van der Waals surface area contributed by atoms with Gasteiger partial charge < -0.3 is 15.5 Å². The number of rotatable bonds is 4. The largest absolute Gasteiger partial charge is 0.349 e. The number of carbonyl (C=O) groups excluding carboxylic acids is 1. The lowest BCUT2D eigenvalue weighted by molar-refractivity contribution is -0.126. The van der Waals surface area contributed by atoms with Gasteiger partial charge in [-0.25, -0.2) is 4.39 Å². The molecule has 4 nitrogen and oxygen atoms in total. The standard InChI is InChI=1S/C15H17ClFN3O/c16-13-12-10(17)2-1-7-20(12)14(19-13)15(21)18-11(8-3-4-8)9-5-6-9/h1-2,7-9,11,14,19H,3-6H2,(H,18,21). The number of hydrogen-bond donors (Lipinski definition) is 2. The highest BCUT2D eigenvalue weighted by atomic mass is 35.5. The van der Waals surface area contributed by atoms with E-state index < -0.39 is 12.0 Å². The molecule has 4 rings (SSSR count). The van der Waals surface area contributed by atoms with Crippen molar-refractivity contribution in [3.8, 4) is 0 Å². The van der Waals surface area contributed by atoms with E-state index in [-0.39, 0.29) is 22.8 Å². The van der Waals surface area contributed by atoms with E-state index in [1.54, 1.807) is 17.2 Å². The number of hydrogen-bond acceptors (Lipinski definition) is 3. The van der Waals surface area contributed by atoms with Crippen molar-refractivity contribution in [2.24, 2.45) is 11.8 Å². The SMILES string of the molecule is O=C(NC(C1CC1)C1CC1)C1NC(Cl)=C2C(F)=CC=CN21. The molecule has 0 radical (unpaired) electrons. The first kappa shape index (κ1) is 13.2. The molecule has 21 heavy (non-hydrogen) atoms. The highest BCUT2D eigenvalue weighted by Gasteiger charge is 2.44. The number of allylic oxidation sites excluding steroid dienone is 3. The molecule has 0 saturated heterocycles. The fourth-order valence-electron chi connectivity index (χ4n) is 3.15. The summed E-state index contributed by atoms with van der Waals surface area (Å²) in [5.41, 5.74) is 0.244. The van der Waals surface area contributed by atoms with E-state index in [2.05, 4.69) is 10.6 Å². The maximum atomic E-state index is 13.8. The summed E-state index contributed by atoms with van der Waals surface area (Å²) in [5.74, 6) is 0.691. The van der Waals surface area contributed by atoms with Crippen molar-refractivity contribution < 1.29 is 9.18 Å². The van der Waals surface area contributed by atoms with Gasteiger partial charge in [-0.2, -0.15) is 0 Å². The first-order chi connectivity index (χ1) is 10.1. The Kier molecular flexibility index (Phi) is 2.99. The van der Waals surface area contributed by atoms with Crippen LogP contribution in [0.25, 0.3) is 0 Å². The second-order valence-corrected chi connectivity index (χ2v) is 6.56. The minimum Gasteiger partial charge on any atom is -0.349 e. The van der Waals surface area contributed by atoms with E-state index >= 15 is 0 Å². The number of nitrogens with one attached hydrogen (secondary N) is 2. The van der Waals surface area contributed by atoms with E-state index in [9.17, 15) is 9.18 Å². The fourth-order valence-corrected chi connectivity index (χ4v) is 3.45. The minimum absolute atomic E-state index is 0.133. The van der Waals surface area contributed by atoms with Crippen molar-refractivity contribution >= 4 is 17.5 Å². The van der Waals surface area contributed by atoms with Crippen LogP contribution in [0.4, 0.5) is 4.39 Å². The summed E-state index contributed by atoms with van der Waals surface area (Å²) in [4.78, 5) is 14.1. The highest BCUT2D eigenvalue weighted by molar-refractivity contribution is 6.30. The zero-order valence-electron chi connectivity index (χ0n) is 11.5. The van der Waals surface area contributed by atoms with E-state index in [4.69, 9.17) is 11.6 Å². The first-order valence-electron chi connectivity index (χ1n) is 7.44. The van der Waals surface area contributed by atoms with Gasteiger partial charge in [0, 0.05) is 12.2 Å². The Balaban J connectivity index is 1.48. The Hall–Kier alpha value is -1.49. The third-order valence-corrected chi connectivity index (χ3v) is 4.83. The summed E-state index contributed by atoms with van der Waals surface area (Å²) < 4.78 is 13.8. The van der Waals surface area contributed by atoms with Gasteiger partial charge in [-0.05, 0) is 49.7 Å². The third kappa shape index (κ3) is 2.33. The lowest BCUT2D eigenvalue weighted by Gasteiger charge is -2.27. The molecule has 2 aliphatic heterocycles. The van der Waals surface area contributed by atoms with Gasteiger partial charge in [0.05, 0.1) is 0 Å². The Morgan fingerprint density at radius 1 is 1.38 bits per heavy atom. The predicted octanol–water partition coefficient (Wildman–Crippen LogP) is 2.31. The van der Waals surface area contributed by atoms with E-state index in [0.29, 0.717) is 11.8 Å². The van der Waals surface area contributed by atoms with Crippen molar-refractivity contribution in [3.63, 3.8) is 0 Å². The summed E-state index contributed by atoms with van der Waals surface area (Å²) in [6.07, 6.45) is 8.73. The Morgan fingerprint density at radius 3 is 2.67 bits per heavy atom. The van der Waals surface area contributed by atoms with Crippen LogP contribution in [0.3, 0.4) is 0 Å². The van der Waals surface area contributed by atoms with E-state index in [1.165, 1.54) is 31.8 Å². The molecule has 2 aliphatic carbocycles. The second-order valence-electron chi connectivity index (χ2n) is 6.18. The number of fused-ring (bicyclic) bond motifs is 1. The smallest absolute Gasteiger partial charge is 0.264 e. The average molecular weight is 310 g/mol. The van der Waals surface area contributed by atoms with Gasteiger partial charge in [0.15, 0.2) is 6.17 Å². The molecule has 2 N–H and O–H groups in total. The first-order valence-corrected chi connectivity index (χ1v) is 7.82. The predicted molar refractivity (Wildman–Crippen MR) is 77.4 cm³/mol. The average Bonchev–Trinajstić information content (AvgIpc) is 3.35. The molecule has 2 saturated carbocycles. The van der Waals surface area contributed by atoms with Gasteiger partial charge in [0.1, 0.15) is 16.7 Å². The zero-order valence-corrected chi connectivity index (χ0v) is 12.2. The topological polar surface area (TPSA) is 44.4 Å². The number of carbonyl (C=O) groups is 1. The third-order valence-electron chi connectivity index (χ3n) is 4.54. The van der Waals surface area contributed by atoms with Crippen LogP contribution in [-0.2, 0) is 4.79 Å². The minimum atomic E-state index is -0.664. The molecule has 0 aromatic rings. The monoisotopic (exact) mass is 309 g/mol. The molecule has 0 aromatic carbocycles. The molecule has 0 bridgehead atoms. The lowest BCUT2D eigenvalue weighted by atomic mass is 10.1. The molecule has 0 spiro atoms. The van der Waals surface area contributed by atoms with Crippen LogP contribution < -0.4 is 10.6 Å². The van der Waals surface area contributed by atoms with Gasteiger partial charge in [0.2, 0.25) is 0 Å². The Bertz CT molecular complexity index is 565. The van der Waals surface area contributed by atoms with Crippen molar-refractivity contribution in [2.45, 2.75) is 37.9 Å². The number of nitrogens with zero attached hydrogens (tertiary/aromatic N) is 1. The molecule has 112 valence electrons. The van der Waals surface area contributed by atoms with Crippen LogP contribution in [-0.4, -0.2) is 23.0 Å². The van der Waals surface area contributed by atoms with Crippen LogP contribution in [0.5, 0.6) is 0 Å². The number of halogens is 2. The molecule has 1 unspecified atom stereocenters. The normalized spacial score (nSPS) is 27.7. The van der Waals surface area contributed by atoms with Gasteiger partial charge in [0.25, 0.3) is 5.91 Å². The summed E-state index contributed by atoms with van der Waals surface area (Å²) in [6.45, 7) is 0. The van der Waals surface area contributed by atoms with Crippen molar-refractivity contribution in [3.05, 3.63) is 35.0 Å². The molecule has 4 aliphatic rings. The molecule has 6 heteroatoms. The molecule has 2 fully saturated rings. The maximum Gasteiger partial charge on any atom is 0.264 e. The van der Waals surface area contributed by atoms with Crippen LogP contribution in [0.2, 0.25) is 0 Å². The van der Waals surface area contributed by atoms with Crippen LogP contribution in [0.1, 0.15) is 25.7 Å². The molecule has 0 aromatic heterocycles.